The van der Waals surface area contributed by atoms with E-state index < -0.39 is 0 Å². The molecule has 2 rings (SSSR count). The van der Waals surface area contributed by atoms with E-state index in [1.54, 1.807) is 0 Å². The third-order valence-corrected chi connectivity index (χ3v) is 3.17. The van der Waals surface area contributed by atoms with Crippen LogP contribution < -0.4 is 11.1 Å². The van der Waals surface area contributed by atoms with E-state index in [2.05, 4.69) is 36.5 Å². The number of nitrogen functional groups attached to an aromatic ring is 1. The zero-order valence-corrected chi connectivity index (χ0v) is 11.0. The van der Waals surface area contributed by atoms with Crippen LogP contribution in [-0.2, 0) is 6.42 Å². The Morgan fingerprint density at radius 3 is 2.44 bits per heavy atom. The van der Waals surface area contributed by atoms with Gasteiger partial charge in [-0.15, -0.1) is 0 Å². The second-order valence-corrected chi connectivity index (χ2v) is 4.70. The summed E-state index contributed by atoms with van der Waals surface area (Å²) in [6.07, 6.45) is 1.01. The molecule has 0 fully saturated rings. The van der Waals surface area contributed by atoms with Gasteiger partial charge in [-0.25, -0.2) is 0 Å². The zero-order chi connectivity index (χ0) is 13.0. The van der Waals surface area contributed by atoms with Crippen molar-refractivity contribution in [3.8, 4) is 0 Å². The predicted octanol–water partition coefficient (Wildman–Crippen LogP) is 3.54. The van der Waals surface area contributed by atoms with Crippen molar-refractivity contribution >= 4 is 11.4 Å². The molecule has 0 heterocycles. The van der Waals surface area contributed by atoms with Crippen LogP contribution in [0.4, 0.5) is 11.4 Å². The molecule has 0 aromatic heterocycles. The largest absolute Gasteiger partial charge is 0.397 e. The molecule has 0 radical (unpaired) electrons. The van der Waals surface area contributed by atoms with Crippen molar-refractivity contribution in [3.63, 3.8) is 0 Å². The maximum absolute atomic E-state index is 6.02. The highest BCUT2D eigenvalue weighted by Crippen LogP contribution is 2.21. The fraction of sp³-hybridized carbons (Fsp3) is 0.250. The van der Waals surface area contributed by atoms with E-state index in [-0.39, 0.29) is 0 Å². The van der Waals surface area contributed by atoms with Gasteiger partial charge in [0.25, 0.3) is 0 Å². The van der Waals surface area contributed by atoms with Gasteiger partial charge < -0.3 is 11.1 Å². The Morgan fingerprint density at radius 2 is 1.72 bits per heavy atom. The van der Waals surface area contributed by atoms with E-state index in [0.717, 1.165) is 29.9 Å². The summed E-state index contributed by atoms with van der Waals surface area (Å²) in [5, 5.41) is 3.39. The molecule has 0 atom stereocenters. The minimum atomic E-state index is 0.849. The second-order valence-electron chi connectivity index (χ2n) is 4.70. The standard InChI is InChI=1S/C16H20N2/c1-12-6-8-14(9-7-12)10-11-18-15-5-3-4-13(2)16(15)17/h3-9,18H,10-11,17H2,1-2H3. The average molecular weight is 240 g/mol. The lowest BCUT2D eigenvalue weighted by atomic mass is 10.1. The number of hydrogen-bond donors (Lipinski definition) is 2. The molecule has 0 saturated heterocycles. The zero-order valence-electron chi connectivity index (χ0n) is 11.0. The van der Waals surface area contributed by atoms with E-state index in [9.17, 15) is 0 Å². The van der Waals surface area contributed by atoms with Gasteiger partial charge in [-0.2, -0.15) is 0 Å². The molecule has 0 aliphatic carbocycles. The molecular weight excluding hydrogens is 220 g/mol. The Kier molecular flexibility index (Phi) is 3.88. The highest BCUT2D eigenvalue weighted by Gasteiger charge is 2.00. The summed E-state index contributed by atoms with van der Waals surface area (Å²) in [6, 6.07) is 14.7. The summed E-state index contributed by atoms with van der Waals surface area (Å²) in [5.74, 6) is 0. The van der Waals surface area contributed by atoms with Crippen molar-refractivity contribution in [2.75, 3.05) is 17.6 Å². The molecule has 0 saturated carbocycles. The van der Waals surface area contributed by atoms with Crippen molar-refractivity contribution in [2.45, 2.75) is 20.3 Å². The molecule has 2 heteroatoms. The average Bonchev–Trinajstić information content (AvgIpc) is 2.37. The number of anilines is 2. The molecule has 0 aliphatic rings. The molecule has 18 heavy (non-hydrogen) atoms. The molecule has 2 nitrogen and oxygen atoms in total. The van der Waals surface area contributed by atoms with Crippen LogP contribution in [0.5, 0.6) is 0 Å². The number of hydrogen-bond acceptors (Lipinski definition) is 2. The van der Waals surface area contributed by atoms with E-state index in [4.69, 9.17) is 5.73 Å². The Hall–Kier alpha value is -1.96. The lowest BCUT2D eigenvalue weighted by molar-refractivity contribution is 1.02. The normalized spacial score (nSPS) is 10.3. The molecule has 0 unspecified atom stereocenters. The van der Waals surface area contributed by atoms with Gasteiger partial charge in [0.05, 0.1) is 11.4 Å². The number of rotatable bonds is 4. The van der Waals surface area contributed by atoms with Gasteiger partial charge in [0.2, 0.25) is 0 Å². The van der Waals surface area contributed by atoms with Gasteiger partial charge >= 0.3 is 0 Å². The molecule has 0 amide bonds. The van der Waals surface area contributed by atoms with Crippen LogP contribution >= 0.6 is 0 Å². The van der Waals surface area contributed by atoms with Crippen molar-refractivity contribution in [1.29, 1.82) is 0 Å². The van der Waals surface area contributed by atoms with Crippen LogP contribution in [-0.4, -0.2) is 6.54 Å². The number of nitrogens with one attached hydrogen (secondary N) is 1. The Bertz CT molecular complexity index is 515. The van der Waals surface area contributed by atoms with E-state index in [1.165, 1.54) is 11.1 Å². The molecule has 2 aromatic rings. The molecule has 3 N–H and O–H groups in total. The summed E-state index contributed by atoms with van der Waals surface area (Å²) in [4.78, 5) is 0. The van der Waals surface area contributed by atoms with Gasteiger partial charge in [0.1, 0.15) is 0 Å². The highest BCUT2D eigenvalue weighted by atomic mass is 14.9. The van der Waals surface area contributed by atoms with E-state index in [0.29, 0.717) is 0 Å². The van der Waals surface area contributed by atoms with Crippen LogP contribution in [0, 0.1) is 13.8 Å². The minimum Gasteiger partial charge on any atom is -0.397 e. The maximum atomic E-state index is 6.02. The van der Waals surface area contributed by atoms with Crippen LogP contribution in [0.2, 0.25) is 0 Å². The predicted molar refractivity (Wildman–Crippen MR) is 79.0 cm³/mol. The third kappa shape index (κ3) is 3.04. The minimum absolute atomic E-state index is 0.849. The Morgan fingerprint density at radius 1 is 1.00 bits per heavy atom. The first-order chi connectivity index (χ1) is 8.66. The fourth-order valence-electron chi connectivity index (χ4n) is 1.93. The first kappa shape index (κ1) is 12.5. The number of aryl methyl sites for hydroxylation is 2. The first-order valence-corrected chi connectivity index (χ1v) is 6.31. The molecule has 2 aromatic carbocycles. The lowest BCUT2D eigenvalue weighted by Crippen LogP contribution is -2.07. The Labute approximate surface area is 109 Å². The van der Waals surface area contributed by atoms with E-state index in [1.807, 2.05) is 25.1 Å². The van der Waals surface area contributed by atoms with Gasteiger partial charge in [0.15, 0.2) is 0 Å². The van der Waals surface area contributed by atoms with Crippen LogP contribution in [0.15, 0.2) is 42.5 Å². The lowest BCUT2D eigenvalue weighted by Gasteiger charge is -2.11. The van der Waals surface area contributed by atoms with Crippen LogP contribution in [0.1, 0.15) is 16.7 Å². The topological polar surface area (TPSA) is 38.0 Å². The maximum Gasteiger partial charge on any atom is 0.0579 e. The van der Waals surface area contributed by atoms with Gasteiger partial charge in [-0.05, 0) is 37.5 Å². The first-order valence-electron chi connectivity index (χ1n) is 6.31. The Balaban J connectivity index is 1.92. The molecule has 0 spiro atoms. The molecule has 0 bridgehead atoms. The van der Waals surface area contributed by atoms with Crippen molar-refractivity contribution in [1.82, 2.24) is 0 Å². The van der Waals surface area contributed by atoms with Crippen molar-refractivity contribution in [2.24, 2.45) is 0 Å². The summed E-state index contributed by atoms with van der Waals surface area (Å²) < 4.78 is 0. The fourth-order valence-corrected chi connectivity index (χ4v) is 1.93. The SMILES string of the molecule is Cc1ccc(CCNc2cccc(C)c2N)cc1. The quantitative estimate of drug-likeness (QED) is 0.802. The van der Waals surface area contributed by atoms with E-state index >= 15 is 0 Å². The number of benzene rings is 2. The summed E-state index contributed by atoms with van der Waals surface area (Å²) in [5.41, 5.74) is 11.7. The van der Waals surface area contributed by atoms with Gasteiger partial charge in [0, 0.05) is 6.54 Å². The number of para-hydroxylation sites is 1. The van der Waals surface area contributed by atoms with Crippen LogP contribution in [0.25, 0.3) is 0 Å². The number of nitrogens with two attached hydrogens (primary N) is 1. The van der Waals surface area contributed by atoms with Crippen molar-refractivity contribution in [3.05, 3.63) is 59.2 Å². The smallest absolute Gasteiger partial charge is 0.0579 e. The molecule has 0 aliphatic heterocycles. The summed E-state index contributed by atoms with van der Waals surface area (Å²) in [7, 11) is 0. The van der Waals surface area contributed by atoms with Crippen LogP contribution in [0.3, 0.4) is 0 Å². The van der Waals surface area contributed by atoms with Gasteiger partial charge in [-0.3, -0.25) is 0 Å². The van der Waals surface area contributed by atoms with Crippen molar-refractivity contribution < 1.29 is 0 Å². The second kappa shape index (κ2) is 5.58. The summed E-state index contributed by atoms with van der Waals surface area (Å²) in [6.45, 7) is 5.03. The highest BCUT2D eigenvalue weighted by molar-refractivity contribution is 5.69. The van der Waals surface area contributed by atoms with Gasteiger partial charge in [-0.1, -0.05) is 42.0 Å². The monoisotopic (exact) mass is 240 g/mol. The molecular formula is C16H20N2. The third-order valence-electron chi connectivity index (χ3n) is 3.17. The molecule has 94 valence electrons. The summed E-state index contributed by atoms with van der Waals surface area (Å²) >= 11 is 0.